The highest BCUT2D eigenvalue weighted by Crippen LogP contribution is 2.14. The summed E-state index contributed by atoms with van der Waals surface area (Å²) >= 11 is 0. The minimum Gasteiger partial charge on any atom is -0.463 e. The van der Waals surface area contributed by atoms with Gasteiger partial charge >= 0.3 is 11.9 Å². The molecular formula is C44H74O6. The van der Waals surface area contributed by atoms with Crippen molar-refractivity contribution in [3.05, 3.63) is 72.9 Å². The molecule has 0 heterocycles. The number of ether oxygens (including phenoxy) is 2. The van der Waals surface area contributed by atoms with E-state index in [0.717, 1.165) is 44.9 Å². The molecule has 0 saturated carbocycles. The number of hydrogen-bond donors (Lipinski definition) is 2. The second kappa shape index (κ2) is 39.1. The van der Waals surface area contributed by atoms with Crippen molar-refractivity contribution in [2.75, 3.05) is 13.2 Å². The van der Waals surface area contributed by atoms with Crippen LogP contribution < -0.4 is 0 Å². The van der Waals surface area contributed by atoms with Gasteiger partial charge < -0.3 is 19.7 Å². The first-order valence-electron chi connectivity index (χ1n) is 20.1. The predicted octanol–water partition coefficient (Wildman–Crippen LogP) is 11.5. The number of aliphatic hydroxyl groups excluding tert-OH is 2. The number of carbonyl (C=O) groups is 2. The Kier molecular flexibility index (Phi) is 37.0. The Balaban J connectivity index is 3.63. The number of hydrogen-bond acceptors (Lipinski definition) is 6. The third-order valence-corrected chi connectivity index (χ3v) is 8.30. The first-order valence-corrected chi connectivity index (χ1v) is 20.1. The van der Waals surface area contributed by atoms with Gasteiger partial charge in [-0.15, -0.1) is 0 Å². The van der Waals surface area contributed by atoms with Crippen molar-refractivity contribution in [3.63, 3.8) is 0 Å². The van der Waals surface area contributed by atoms with E-state index in [1.54, 1.807) is 6.08 Å². The number of carbonyl (C=O) groups excluding carboxylic acids is 2. The Hall–Kier alpha value is -2.70. The van der Waals surface area contributed by atoms with Gasteiger partial charge in [0.1, 0.15) is 19.3 Å². The lowest BCUT2D eigenvalue weighted by atomic mass is 10.0. The highest BCUT2D eigenvalue weighted by molar-refractivity contribution is 5.70. The SMILES string of the molecule is CC/C=C\C/C=C\CC(O)/C=C/C=C\C/C=C\C/C=C\CCC(=O)OC[C@H](O)COC(=O)CCCCCCCCCCCCCCCCCC. The fraction of sp³-hybridized carbons (Fsp3) is 0.682. The average molecular weight is 699 g/mol. The summed E-state index contributed by atoms with van der Waals surface area (Å²) in [6, 6.07) is 0. The molecule has 2 atom stereocenters. The molecule has 0 aromatic heterocycles. The van der Waals surface area contributed by atoms with Crippen molar-refractivity contribution in [1.29, 1.82) is 0 Å². The number of aliphatic hydroxyl groups is 2. The molecule has 0 amide bonds. The van der Waals surface area contributed by atoms with E-state index in [9.17, 15) is 19.8 Å². The van der Waals surface area contributed by atoms with Gasteiger partial charge in [-0.2, -0.15) is 0 Å². The lowest BCUT2D eigenvalue weighted by molar-refractivity contribution is -0.152. The lowest BCUT2D eigenvalue weighted by Crippen LogP contribution is -2.25. The van der Waals surface area contributed by atoms with Crippen LogP contribution in [0.15, 0.2) is 72.9 Å². The number of esters is 2. The predicted molar refractivity (Wildman–Crippen MR) is 211 cm³/mol. The Morgan fingerprint density at radius 3 is 1.54 bits per heavy atom. The smallest absolute Gasteiger partial charge is 0.306 e. The van der Waals surface area contributed by atoms with Crippen LogP contribution in [0.2, 0.25) is 0 Å². The zero-order valence-electron chi connectivity index (χ0n) is 32.0. The summed E-state index contributed by atoms with van der Waals surface area (Å²) in [4.78, 5) is 23.9. The van der Waals surface area contributed by atoms with E-state index in [0.29, 0.717) is 19.3 Å². The average Bonchev–Trinajstić information content (AvgIpc) is 3.11. The largest absolute Gasteiger partial charge is 0.463 e. The van der Waals surface area contributed by atoms with Gasteiger partial charge in [0, 0.05) is 12.8 Å². The summed E-state index contributed by atoms with van der Waals surface area (Å²) < 4.78 is 10.3. The second-order valence-electron chi connectivity index (χ2n) is 13.2. The highest BCUT2D eigenvalue weighted by Gasteiger charge is 2.11. The van der Waals surface area contributed by atoms with Crippen LogP contribution in [0.1, 0.15) is 168 Å². The van der Waals surface area contributed by atoms with E-state index in [1.807, 2.05) is 36.5 Å². The lowest BCUT2D eigenvalue weighted by Gasteiger charge is -2.12. The van der Waals surface area contributed by atoms with E-state index >= 15 is 0 Å². The zero-order chi connectivity index (χ0) is 36.6. The van der Waals surface area contributed by atoms with Crippen LogP contribution in [0.5, 0.6) is 0 Å². The topological polar surface area (TPSA) is 93.1 Å². The molecule has 0 aliphatic carbocycles. The molecule has 0 aromatic rings. The summed E-state index contributed by atoms with van der Waals surface area (Å²) in [5, 5.41) is 19.9. The number of allylic oxidation sites excluding steroid dienone is 10. The maximum absolute atomic E-state index is 12.0. The van der Waals surface area contributed by atoms with Crippen LogP contribution in [0, 0.1) is 0 Å². The molecule has 286 valence electrons. The molecule has 50 heavy (non-hydrogen) atoms. The first kappa shape index (κ1) is 47.3. The first-order chi connectivity index (χ1) is 24.5. The van der Waals surface area contributed by atoms with Crippen molar-refractivity contribution in [2.24, 2.45) is 0 Å². The molecule has 0 spiro atoms. The van der Waals surface area contributed by atoms with Crippen LogP contribution in [-0.2, 0) is 19.1 Å². The zero-order valence-corrected chi connectivity index (χ0v) is 32.0. The van der Waals surface area contributed by atoms with Crippen molar-refractivity contribution >= 4 is 11.9 Å². The molecule has 0 fully saturated rings. The minimum absolute atomic E-state index is 0.153. The summed E-state index contributed by atoms with van der Waals surface area (Å²) in [6.07, 6.45) is 48.5. The van der Waals surface area contributed by atoms with Gasteiger partial charge in [-0.3, -0.25) is 9.59 Å². The monoisotopic (exact) mass is 699 g/mol. The molecular weight excluding hydrogens is 624 g/mol. The van der Waals surface area contributed by atoms with Gasteiger partial charge in [-0.05, 0) is 44.9 Å². The van der Waals surface area contributed by atoms with Crippen LogP contribution in [0.3, 0.4) is 0 Å². The Bertz CT molecular complexity index is 944. The molecule has 0 bridgehead atoms. The summed E-state index contributed by atoms with van der Waals surface area (Å²) in [7, 11) is 0. The van der Waals surface area contributed by atoms with Gasteiger partial charge in [0.25, 0.3) is 0 Å². The van der Waals surface area contributed by atoms with Crippen molar-refractivity contribution in [1.82, 2.24) is 0 Å². The van der Waals surface area contributed by atoms with Crippen molar-refractivity contribution in [3.8, 4) is 0 Å². The Labute approximate surface area is 306 Å². The summed E-state index contributed by atoms with van der Waals surface area (Å²) in [5.74, 6) is -0.690. The fourth-order valence-electron chi connectivity index (χ4n) is 5.25. The van der Waals surface area contributed by atoms with Crippen molar-refractivity contribution < 1.29 is 29.3 Å². The van der Waals surface area contributed by atoms with Gasteiger partial charge in [0.2, 0.25) is 0 Å². The molecule has 0 aliphatic heterocycles. The molecule has 2 N–H and O–H groups in total. The normalized spacial score (nSPS) is 13.6. The molecule has 6 nitrogen and oxygen atoms in total. The van der Waals surface area contributed by atoms with E-state index in [-0.39, 0.29) is 31.6 Å². The minimum atomic E-state index is -1.01. The molecule has 6 heteroatoms. The Morgan fingerprint density at radius 1 is 0.520 bits per heavy atom. The third-order valence-electron chi connectivity index (χ3n) is 8.30. The van der Waals surface area contributed by atoms with E-state index in [2.05, 4.69) is 44.2 Å². The van der Waals surface area contributed by atoms with E-state index in [1.165, 1.54) is 83.5 Å². The third kappa shape index (κ3) is 38.1. The maximum atomic E-state index is 12.0. The molecule has 0 aromatic carbocycles. The highest BCUT2D eigenvalue weighted by atomic mass is 16.6. The van der Waals surface area contributed by atoms with Gasteiger partial charge in [-0.1, -0.05) is 183 Å². The molecule has 1 unspecified atom stereocenters. The van der Waals surface area contributed by atoms with Crippen LogP contribution >= 0.6 is 0 Å². The Morgan fingerprint density at radius 2 is 0.980 bits per heavy atom. The number of rotatable bonds is 35. The summed E-state index contributed by atoms with van der Waals surface area (Å²) in [5.41, 5.74) is 0. The van der Waals surface area contributed by atoms with Crippen molar-refractivity contribution in [2.45, 2.75) is 180 Å². The fourth-order valence-corrected chi connectivity index (χ4v) is 5.25. The molecule has 0 saturated heterocycles. The molecule has 0 aliphatic rings. The van der Waals surface area contributed by atoms with Gasteiger partial charge in [0.05, 0.1) is 6.10 Å². The second-order valence-corrected chi connectivity index (χ2v) is 13.2. The van der Waals surface area contributed by atoms with E-state index < -0.39 is 12.2 Å². The van der Waals surface area contributed by atoms with Crippen LogP contribution in [0.25, 0.3) is 0 Å². The van der Waals surface area contributed by atoms with Gasteiger partial charge in [0.15, 0.2) is 0 Å². The molecule has 0 radical (unpaired) electrons. The van der Waals surface area contributed by atoms with Crippen LogP contribution in [0.4, 0.5) is 0 Å². The quantitative estimate of drug-likeness (QED) is 0.0296. The van der Waals surface area contributed by atoms with E-state index in [4.69, 9.17) is 9.47 Å². The summed E-state index contributed by atoms with van der Waals surface area (Å²) in [6.45, 7) is 4.05. The number of unbranched alkanes of at least 4 members (excludes halogenated alkanes) is 15. The van der Waals surface area contributed by atoms with Gasteiger partial charge in [-0.25, -0.2) is 0 Å². The maximum Gasteiger partial charge on any atom is 0.306 e. The van der Waals surface area contributed by atoms with Crippen LogP contribution in [-0.4, -0.2) is 47.6 Å². The molecule has 0 rings (SSSR count). The standard InChI is InChI=1S/C44H74O6/c1-3-5-7-9-11-12-13-14-15-16-17-18-22-25-29-33-37-43(47)49-39-42(46)40-50-44(48)38-34-30-26-23-20-19-21-24-28-32-36-41(45)35-31-27-10-8-6-4-2/h6,8,19-20,24,26-28,30-32,36,41-42,45-46H,3-5,7,9-18,21-23,25,29,33-35,37-40H2,1-2H3/b8-6-,20-19-,28-24-,30-26-,31-27-,36-32+/t41?,42-/m1/s1.